The average molecular weight is 168 g/mol. The van der Waals surface area contributed by atoms with Gasteiger partial charge in [0.15, 0.2) is 0 Å². The molecule has 0 radical (unpaired) electrons. The molecule has 0 saturated carbocycles. The van der Waals surface area contributed by atoms with Crippen molar-refractivity contribution in [1.82, 2.24) is 0 Å². The number of rotatable bonds is 1. The van der Waals surface area contributed by atoms with Crippen molar-refractivity contribution in [3.63, 3.8) is 0 Å². The molecule has 1 aliphatic rings. The Morgan fingerprint density at radius 1 is 1.67 bits per heavy atom. The SMILES string of the molecule is CC1=CCCC(C)(C)[C@H]1C(=O)O. The third-order valence-electron chi connectivity index (χ3n) is 2.74. The summed E-state index contributed by atoms with van der Waals surface area (Å²) in [5, 5.41) is 9.00. The van der Waals surface area contributed by atoms with Gasteiger partial charge in [0.25, 0.3) is 0 Å². The standard InChI is InChI=1S/C10H16O2/c1-7-5-4-6-10(2,3)8(7)9(11)12/h5,8H,4,6H2,1-3H3,(H,11,12)/t8-/m1/s1. The van der Waals surface area contributed by atoms with Crippen LogP contribution < -0.4 is 0 Å². The van der Waals surface area contributed by atoms with Gasteiger partial charge in [0, 0.05) is 0 Å². The molecule has 0 aliphatic heterocycles. The zero-order valence-electron chi connectivity index (χ0n) is 7.92. The van der Waals surface area contributed by atoms with Gasteiger partial charge in [0.05, 0.1) is 5.92 Å². The largest absolute Gasteiger partial charge is 0.481 e. The number of carboxylic acid groups (broad SMARTS) is 1. The van der Waals surface area contributed by atoms with Crippen molar-refractivity contribution in [2.24, 2.45) is 11.3 Å². The molecule has 0 aromatic rings. The van der Waals surface area contributed by atoms with Crippen molar-refractivity contribution < 1.29 is 9.90 Å². The number of allylic oxidation sites excluding steroid dienone is 1. The number of carboxylic acids is 1. The van der Waals surface area contributed by atoms with Crippen LogP contribution in [-0.4, -0.2) is 11.1 Å². The van der Waals surface area contributed by atoms with Gasteiger partial charge in [0.1, 0.15) is 0 Å². The van der Waals surface area contributed by atoms with Crippen LogP contribution >= 0.6 is 0 Å². The Hall–Kier alpha value is -0.790. The van der Waals surface area contributed by atoms with Crippen LogP contribution in [0.2, 0.25) is 0 Å². The summed E-state index contributed by atoms with van der Waals surface area (Å²) in [7, 11) is 0. The number of aliphatic carboxylic acids is 1. The number of carbonyl (C=O) groups is 1. The first-order valence-corrected chi connectivity index (χ1v) is 4.34. The summed E-state index contributed by atoms with van der Waals surface area (Å²) >= 11 is 0. The molecule has 0 fully saturated rings. The molecular weight excluding hydrogens is 152 g/mol. The molecule has 1 aliphatic carbocycles. The van der Waals surface area contributed by atoms with Crippen LogP contribution in [0.4, 0.5) is 0 Å². The van der Waals surface area contributed by atoms with Gasteiger partial charge >= 0.3 is 5.97 Å². The van der Waals surface area contributed by atoms with Gasteiger partial charge < -0.3 is 5.11 Å². The summed E-state index contributed by atoms with van der Waals surface area (Å²) in [5.74, 6) is -0.973. The van der Waals surface area contributed by atoms with Crippen LogP contribution in [0.25, 0.3) is 0 Å². The van der Waals surface area contributed by atoms with Crippen molar-refractivity contribution in [1.29, 1.82) is 0 Å². The molecule has 0 bridgehead atoms. The van der Waals surface area contributed by atoms with E-state index < -0.39 is 5.97 Å². The molecule has 1 N–H and O–H groups in total. The molecule has 68 valence electrons. The first-order valence-electron chi connectivity index (χ1n) is 4.34. The van der Waals surface area contributed by atoms with E-state index in [2.05, 4.69) is 0 Å². The Morgan fingerprint density at radius 3 is 2.58 bits per heavy atom. The van der Waals surface area contributed by atoms with E-state index in [1.807, 2.05) is 26.8 Å². The lowest BCUT2D eigenvalue weighted by atomic mass is 9.69. The van der Waals surface area contributed by atoms with Gasteiger partial charge in [-0.2, -0.15) is 0 Å². The van der Waals surface area contributed by atoms with Crippen LogP contribution in [0.1, 0.15) is 33.6 Å². The topological polar surface area (TPSA) is 37.3 Å². The lowest BCUT2D eigenvalue weighted by Crippen LogP contribution is -2.33. The fraction of sp³-hybridized carbons (Fsp3) is 0.700. The summed E-state index contributed by atoms with van der Waals surface area (Å²) < 4.78 is 0. The highest BCUT2D eigenvalue weighted by Gasteiger charge is 2.37. The lowest BCUT2D eigenvalue weighted by Gasteiger charge is -2.35. The molecule has 2 heteroatoms. The van der Waals surface area contributed by atoms with Crippen molar-refractivity contribution in [2.75, 3.05) is 0 Å². The first kappa shape index (κ1) is 9.30. The Morgan fingerprint density at radius 2 is 2.25 bits per heavy atom. The van der Waals surface area contributed by atoms with Gasteiger partial charge in [-0.1, -0.05) is 25.5 Å². The van der Waals surface area contributed by atoms with Gasteiger partial charge in [0.2, 0.25) is 0 Å². The Bertz CT molecular complexity index is 226. The third-order valence-corrected chi connectivity index (χ3v) is 2.74. The molecule has 0 amide bonds. The molecule has 1 atom stereocenters. The van der Waals surface area contributed by atoms with Crippen molar-refractivity contribution >= 4 is 5.97 Å². The molecule has 0 aromatic carbocycles. The van der Waals surface area contributed by atoms with Crippen LogP contribution in [0.15, 0.2) is 11.6 Å². The highest BCUT2D eigenvalue weighted by Crippen LogP contribution is 2.40. The minimum Gasteiger partial charge on any atom is -0.481 e. The molecule has 0 heterocycles. The predicted molar refractivity (Wildman–Crippen MR) is 47.9 cm³/mol. The van der Waals surface area contributed by atoms with E-state index in [0.29, 0.717) is 0 Å². The molecular formula is C10H16O2. The van der Waals surface area contributed by atoms with Crippen molar-refractivity contribution in [3.8, 4) is 0 Å². The highest BCUT2D eigenvalue weighted by molar-refractivity contribution is 5.74. The van der Waals surface area contributed by atoms with Gasteiger partial charge in [-0.05, 0) is 25.2 Å². The predicted octanol–water partition coefficient (Wildman–Crippen LogP) is 2.45. The van der Waals surface area contributed by atoms with Gasteiger partial charge in [-0.15, -0.1) is 0 Å². The van der Waals surface area contributed by atoms with E-state index >= 15 is 0 Å². The second-order valence-electron chi connectivity index (χ2n) is 4.25. The van der Waals surface area contributed by atoms with Gasteiger partial charge in [-0.3, -0.25) is 4.79 Å². The zero-order chi connectivity index (χ0) is 9.35. The second-order valence-corrected chi connectivity index (χ2v) is 4.25. The molecule has 12 heavy (non-hydrogen) atoms. The van der Waals surface area contributed by atoms with E-state index in [0.717, 1.165) is 18.4 Å². The minimum atomic E-state index is -0.687. The van der Waals surface area contributed by atoms with E-state index in [1.54, 1.807) is 0 Å². The second kappa shape index (κ2) is 2.92. The lowest BCUT2D eigenvalue weighted by molar-refractivity contribution is -0.144. The van der Waals surface area contributed by atoms with Crippen molar-refractivity contribution in [3.05, 3.63) is 11.6 Å². The minimum absolute atomic E-state index is 0.0787. The number of hydrogen-bond donors (Lipinski definition) is 1. The Balaban J connectivity index is 2.96. The fourth-order valence-corrected chi connectivity index (χ4v) is 2.08. The molecule has 0 saturated heterocycles. The summed E-state index contributed by atoms with van der Waals surface area (Å²) in [6.45, 7) is 5.98. The normalized spacial score (nSPS) is 27.9. The van der Waals surface area contributed by atoms with Crippen LogP contribution in [0.5, 0.6) is 0 Å². The van der Waals surface area contributed by atoms with Crippen molar-refractivity contribution in [2.45, 2.75) is 33.6 Å². The zero-order valence-corrected chi connectivity index (χ0v) is 7.92. The van der Waals surface area contributed by atoms with E-state index in [-0.39, 0.29) is 11.3 Å². The fourth-order valence-electron chi connectivity index (χ4n) is 2.08. The van der Waals surface area contributed by atoms with Crippen LogP contribution in [0, 0.1) is 11.3 Å². The third kappa shape index (κ3) is 1.52. The van der Waals surface area contributed by atoms with Gasteiger partial charge in [-0.25, -0.2) is 0 Å². The molecule has 0 aromatic heterocycles. The maximum absolute atomic E-state index is 10.9. The summed E-state index contributed by atoms with van der Waals surface area (Å²) in [5.41, 5.74) is 0.934. The van der Waals surface area contributed by atoms with E-state index in [1.165, 1.54) is 0 Å². The monoisotopic (exact) mass is 168 g/mol. The van der Waals surface area contributed by atoms with E-state index in [4.69, 9.17) is 5.11 Å². The number of hydrogen-bond acceptors (Lipinski definition) is 1. The molecule has 0 unspecified atom stereocenters. The van der Waals surface area contributed by atoms with Crippen LogP contribution in [0.3, 0.4) is 0 Å². The average Bonchev–Trinajstić information content (AvgIpc) is 1.82. The smallest absolute Gasteiger partial charge is 0.311 e. The maximum Gasteiger partial charge on any atom is 0.311 e. The Kier molecular flexibility index (Phi) is 2.27. The molecule has 2 nitrogen and oxygen atoms in total. The maximum atomic E-state index is 10.9. The summed E-state index contributed by atoms with van der Waals surface area (Å²) in [6, 6.07) is 0. The molecule has 1 rings (SSSR count). The Labute approximate surface area is 73.3 Å². The molecule has 0 spiro atoms. The van der Waals surface area contributed by atoms with Crippen LogP contribution in [-0.2, 0) is 4.79 Å². The van der Waals surface area contributed by atoms with E-state index in [9.17, 15) is 4.79 Å². The first-order chi connectivity index (χ1) is 5.45. The highest BCUT2D eigenvalue weighted by atomic mass is 16.4. The summed E-state index contributed by atoms with van der Waals surface area (Å²) in [6.07, 6.45) is 4.04. The summed E-state index contributed by atoms with van der Waals surface area (Å²) in [4.78, 5) is 10.9. The quantitative estimate of drug-likeness (QED) is 0.610.